The molecule has 0 unspecified atom stereocenters. The highest BCUT2D eigenvalue weighted by atomic mass is 32.2. The highest BCUT2D eigenvalue weighted by Gasteiger charge is 2.15. The molecular weight excluding hydrogens is 360 g/mol. The number of carbonyl (C=O) groups is 1. The first-order valence-corrected chi connectivity index (χ1v) is 9.79. The first-order valence-electron chi connectivity index (χ1n) is 7.43. The normalized spacial score (nSPS) is 11.4. The summed E-state index contributed by atoms with van der Waals surface area (Å²) in [5.41, 5.74) is 1.17. The van der Waals surface area contributed by atoms with Gasteiger partial charge in [0.25, 0.3) is 5.91 Å². The largest absolute Gasteiger partial charge is 0.346 e. The van der Waals surface area contributed by atoms with Gasteiger partial charge in [-0.2, -0.15) is 5.10 Å². The Labute approximate surface area is 149 Å². The monoisotopic (exact) mass is 376 g/mol. The van der Waals surface area contributed by atoms with Gasteiger partial charge in [0.05, 0.1) is 17.1 Å². The van der Waals surface area contributed by atoms with E-state index in [4.69, 9.17) is 0 Å². The minimum atomic E-state index is -3.61. The molecule has 0 saturated heterocycles. The number of nitrogens with zero attached hydrogens (tertiary/aromatic N) is 1. The second-order valence-electron chi connectivity index (χ2n) is 5.19. The standard InChI is InChI=1S/C16H16N4O3S2/c21-16(17-10-13-7-8-18-20-13)12-3-5-15(6-4-12)25(22,23)19-11-14-2-1-9-24-14/h1-9,19H,10-11H2,(H,17,21)(H,18,20). The molecule has 0 saturated carbocycles. The molecule has 0 aliphatic carbocycles. The van der Waals surface area contributed by atoms with E-state index in [0.717, 1.165) is 10.6 Å². The van der Waals surface area contributed by atoms with Gasteiger partial charge in [0.15, 0.2) is 0 Å². The summed E-state index contributed by atoms with van der Waals surface area (Å²) in [5, 5.41) is 11.2. The summed E-state index contributed by atoms with van der Waals surface area (Å²) in [5.74, 6) is -0.287. The Balaban J connectivity index is 1.61. The predicted octanol–water partition coefficient (Wildman–Crippen LogP) is 1.88. The maximum absolute atomic E-state index is 12.3. The minimum absolute atomic E-state index is 0.120. The Morgan fingerprint density at radius 1 is 1.12 bits per heavy atom. The Morgan fingerprint density at radius 3 is 2.56 bits per heavy atom. The van der Waals surface area contributed by atoms with Gasteiger partial charge in [-0.25, -0.2) is 13.1 Å². The molecule has 3 rings (SSSR count). The van der Waals surface area contributed by atoms with Crippen LogP contribution in [0.25, 0.3) is 0 Å². The molecule has 130 valence electrons. The first kappa shape index (κ1) is 17.3. The molecule has 2 heterocycles. The van der Waals surface area contributed by atoms with E-state index in [9.17, 15) is 13.2 Å². The zero-order chi connectivity index (χ0) is 17.7. The number of rotatable bonds is 7. The van der Waals surface area contributed by atoms with Crippen molar-refractivity contribution in [2.45, 2.75) is 18.0 Å². The number of hydrogen-bond donors (Lipinski definition) is 3. The van der Waals surface area contributed by atoms with Gasteiger partial charge in [0.1, 0.15) is 0 Å². The van der Waals surface area contributed by atoms with Gasteiger partial charge in [-0.15, -0.1) is 11.3 Å². The lowest BCUT2D eigenvalue weighted by Gasteiger charge is -2.07. The van der Waals surface area contributed by atoms with E-state index in [1.165, 1.54) is 35.6 Å². The molecule has 2 aromatic heterocycles. The molecule has 0 atom stereocenters. The molecule has 7 nitrogen and oxygen atoms in total. The molecule has 0 radical (unpaired) electrons. The van der Waals surface area contributed by atoms with E-state index in [0.29, 0.717) is 12.1 Å². The van der Waals surface area contributed by atoms with Crippen LogP contribution in [0.3, 0.4) is 0 Å². The summed E-state index contributed by atoms with van der Waals surface area (Å²) in [6, 6.07) is 11.3. The zero-order valence-electron chi connectivity index (χ0n) is 13.1. The van der Waals surface area contributed by atoms with Gasteiger partial charge in [0, 0.05) is 23.2 Å². The van der Waals surface area contributed by atoms with E-state index in [-0.39, 0.29) is 17.3 Å². The molecule has 0 aliphatic heterocycles. The fraction of sp³-hybridized carbons (Fsp3) is 0.125. The van der Waals surface area contributed by atoms with Crippen LogP contribution in [0.5, 0.6) is 0 Å². The van der Waals surface area contributed by atoms with Crippen LogP contribution in [-0.2, 0) is 23.1 Å². The fourth-order valence-electron chi connectivity index (χ4n) is 2.11. The van der Waals surface area contributed by atoms with Gasteiger partial charge in [-0.3, -0.25) is 9.89 Å². The maximum Gasteiger partial charge on any atom is 0.251 e. The predicted molar refractivity (Wildman–Crippen MR) is 94.5 cm³/mol. The number of amides is 1. The van der Waals surface area contributed by atoms with Crippen molar-refractivity contribution in [1.29, 1.82) is 0 Å². The summed E-state index contributed by atoms with van der Waals surface area (Å²) >= 11 is 1.48. The van der Waals surface area contributed by atoms with Crippen molar-refractivity contribution in [3.63, 3.8) is 0 Å². The average molecular weight is 376 g/mol. The third kappa shape index (κ3) is 4.53. The van der Waals surface area contributed by atoms with Crippen molar-refractivity contribution in [1.82, 2.24) is 20.2 Å². The van der Waals surface area contributed by atoms with Gasteiger partial charge < -0.3 is 5.32 Å². The van der Waals surface area contributed by atoms with Crippen molar-refractivity contribution >= 4 is 27.3 Å². The highest BCUT2D eigenvalue weighted by Crippen LogP contribution is 2.13. The molecule has 1 aromatic carbocycles. The average Bonchev–Trinajstić information content (AvgIpc) is 3.31. The number of hydrogen-bond acceptors (Lipinski definition) is 5. The smallest absolute Gasteiger partial charge is 0.251 e. The van der Waals surface area contributed by atoms with Crippen molar-refractivity contribution < 1.29 is 13.2 Å². The van der Waals surface area contributed by atoms with Gasteiger partial charge in [-0.1, -0.05) is 6.07 Å². The lowest BCUT2D eigenvalue weighted by molar-refractivity contribution is 0.0950. The number of thiophene rings is 1. The Hall–Kier alpha value is -2.49. The van der Waals surface area contributed by atoms with Crippen LogP contribution in [0.1, 0.15) is 20.9 Å². The van der Waals surface area contributed by atoms with E-state index in [1.807, 2.05) is 17.5 Å². The minimum Gasteiger partial charge on any atom is -0.346 e. The molecule has 3 aromatic rings. The Bertz CT molecular complexity index is 918. The van der Waals surface area contributed by atoms with Crippen LogP contribution in [0.4, 0.5) is 0 Å². The first-order chi connectivity index (χ1) is 12.0. The quantitative estimate of drug-likeness (QED) is 0.586. The lowest BCUT2D eigenvalue weighted by atomic mass is 10.2. The lowest BCUT2D eigenvalue weighted by Crippen LogP contribution is -2.24. The number of aromatic nitrogens is 2. The van der Waals surface area contributed by atoms with Crippen LogP contribution in [-0.4, -0.2) is 24.5 Å². The van der Waals surface area contributed by atoms with Crippen molar-refractivity contribution in [3.05, 3.63) is 70.2 Å². The van der Waals surface area contributed by atoms with Gasteiger partial charge in [-0.05, 0) is 41.8 Å². The zero-order valence-corrected chi connectivity index (χ0v) is 14.7. The molecule has 1 amide bonds. The summed E-state index contributed by atoms with van der Waals surface area (Å²) in [6.45, 7) is 0.563. The van der Waals surface area contributed by atoms with E-state index in [1.54, 1.807) is 12.3 Å². The van der Waals surface area contributed by atoms with Crippen LogP contribution < -0.4 is 10.0 Å². The summed E-state index contributed by atoms with van der Waals surface area (Å²) < 4.78 is 27.1. The van der Waals surface area contributed by atoms with Crippen LogP contribution in [0.2, 0.25) is 0 Å². The third-order valence-electron chi connectivity index (χ3n) is 3.44. The number of aromatic amines is 1. The number of benzene rings is 1. The summed E-state index contributed by atoms with van der Waals surface area (Å²) in [6.07, 6.45) is 1.60. The summed E-state index contributed by atoms with van der Waals surface area (Å²) in [7, 11) is -3.61. The fourth-order valence-corrected chi connectivity index (χ4v) is 3.85. The third-order valence-corrected chi connectivity index (χ3v) is 5.73. The van der Waals surface area contributed by atoms with Crippen molar-refractivity contribution in [2.75, 3.05) is 0 Å². The van der Waals surface area contributed by atoms with E-state index < -0.39 is 10.0 Å². The van der Waals surface area contributed by atoms with Crippen LogP contribution in [0, 0.1) is 0 Å². The molecule has 0 bridgehead atoms. The van der Waals surface area contributed by atoms with Crippen molar-refractivity contribution in [2.24, 2.45) is 0 Å². The van der Waals surface area contributed by atoms with Gasteiger partial charge in [0.2, 0.25) is 10.0 Å². The Kier molecular flexibility index (Phi) is 5.27. The van der Waals surface area contributed by atoms with Crippen LogP contribution >= 0.6 is 11.3 Å². The second kappa shape index (κ2) is 7.60. The molecule has 0 spiro atoms. The van der Waals surface area contributed by atoms with Crippen molar-refractivity contribution in [3.8, 4) is 0 Å². The molecule has 3 N–H and O–H groups in total. The number of H-pyrrole nitrogens is 1. The maximum atomic E-state index is 12.3. The van der Waals surface area contributed by atoms with Gasteiger partial charge >= 0.3 is 0 Å². The number of sulfonamides is 1. The number of carbonyl (C=O) groups excluding carboxylic acids is 1. The molecular formula is C16H16N4O3S2. The molecule has 0 fully saturated rings. The van der Waals surface area contributed by atoms with E-state index in [2.05, 4.69) is 20.2 Å². The number of nitrogens with one attached hydrogen (secondary N) is 3. The second-order valence-corrected chi connectivity index (χ2v) is 7.99. The SMILES string of the molecule is O=C(NCc1ccn[nH]1)c1ccc(S(=O)(=O)NCc2cccs2)cc1. The Morgan fingerprint density at radius 2 is 1.92 bits per heavy atom. The summed E-state index contributed by atoms with van der Waals surface area (Å²) in [4.78, 5) is 13.1. The molecule has 25 heavy (non-hydrogen) atoms. The van der Waals surface area contributed by atoms with E-state index >= 15 is 0 Å². The molecule has 9 heteroatoms. The van der Waals surface area contributed by atoms with Crippen LogP contribution in [0.15, 0.2) is 58.9 Å². The topological polar surface area (TPSA) is 104 Å². The highest BCUT2D eigenvalue weighted by molar-refractivity contribution is 7.89. The molecule has 0 aliphatic rings.